The minimum absolute atomic E-state index is 0.00403. The molecule has 0 radical (unpaired) electrons. The summed E-state index contributed by atoms with van der Waals surface area (Å²) >= 11 is 0. The van der Waals surface area contributed by atoms with E-state index in [1.807, 2.05) is 6.07 Å². The second-order valence-electron chi connectivity index (χ2n) is 4.85. The Balaban J connectivity index is 1.99. The molecule has 1 fully saturated rings. The maximum Gasteiger partial charge on any atom is 0.303 e. The Hall–Kier alpha value is -1.91. The standard InChI is InChI=1S/C13H14N2O4S/c14-6-10-2-1-3-11(4-10)9-20(18,19)15-7-12(8-15)5-13(16)17/h1-4,12H,5,7-9H2,(H,16,17). The van der Waals surface area contributed by atoms with E-state index in [-0.39, 0.29) is 31.2 Å². The maximum atomic E-state index is 12.1. The van der Waals surface area contributed by atoms with E-state index in [1.165, 1.54) is 4.31 Å². The lowest BCUT2D eigenvalue weighted by Crippen LogP contribution is -2.50. The van der Waals surface area contributed by atoms with Crippen molar-refractivity contribution in [2.75, 3.05) is 13.1 Å². The van der Waals surface area contributed by atoms with Gasteiger partial charge in [-0.3, -0.25) is 4.79 Å². The molecule has 0 unspecified atom stereocenters. The van der Waals surface area contributed by atoms with Gasteiger partial charge in [0.2, 0.25) is 10.0 Å². The first-order valence-electron chi connectivity index (χ1n) is 6.09. The highest BCUT2D eigenvalue weighted by molar-refractivity contribution is 7.88. The first-order chi connectivity index (χ1) is 9.40. The lowest BCUT2D eigenvalue weighted by Gasteiger charge is -2.37. The number of hydrogen-bond donors (Lipinski definition) is 1. The van der Waals surface area contributed by atoms with Gasteiger partial charge in [-0.15, -0.1) is 0 Å². The van der Waals surface area contributed by atoms with Crippen LogP contribution in [0.25, 0.3) is 0 Å². The van der Waals surface area contributed by atoms with E-state index >= 15 is 0 Å². The number of aliphatic carboxylic acids is 1. The zero-order valence-corrected chi connectivity index (χ0v) is 11.5. The summed E-state index contributed by atoms with van der Waals surface area (Å²) in [4.78, 5) is 10.5. The minimum atomic E-state index is -3.44. The molecular weight excluding hydrogens is 280 g/mol. The molecule has 106 valence electrons. The highest BCUT2D eigenvalue weighted by Gasteiger charge is 2.36. The van der Waals surface area contributed by atoms with Crippen LogP contribution < -0.4 is 0 Å². The number of benzene rings is 1. The summed E-state index contributed by atoms with van der Waals surface area (Å²) in [6.45, 7) is 0.513. The average molecular weight is 294 g/mol. The number of hydrogen-bond acceptors (Lipinski definition) is 4. The fourth-order valence-corrected chi connectivity index (χ4v) is 3.82. The predicted octanol–water partition coefficient (Wildman–Crippen LogP) is 0.795. The van der Waals surface area contributed by atoms with Crippen molar-refractivity contribution in [1.82, 2.24) is 4.31 Å². The van der Waals surface area contributed by atoms with Gasteiger partial charge in [0.1, 0.15) is 0 Å². The van der Waals surface area contributed by atoms with Gasteiger partial charge < -0.3 is 5.11 Å². The van der Waals surface area contributed by atoms with E-state index in [0.717, 1.165) is 0 Å². The van der Waals surface area contributed by atoms with Crippen LogP contribution in [-0.2, 0) is 20.6 Å². The molecule has 1 aliphatic rings. The first-order valence-corrected chi connectivity index (χ1v) is 7.70. The van der Waals surface area contributed by atoms with Gasteiger partial charge in [0.15, 0.2) is 0 Å². The molecule has 0 aliphatic carbocycles. The summed E-state index contributed by atoms with van der Waals surface area (Å²) in [5.74, 6) is -1.18. The molecule has 0 bridgehead atoms. The van der Waals surface area contributed by atoms with Crippen LogP contribution in [0.2, 0.25) is 0 Å². The Morgan fingerprint density at radius 2 is 2.15 bits per heavy atom. The zero-order valence-electron chi connectivity index (χ0n) is 10.7. The SMILES string of the molecule is N#Cc1cccc(CS(=O)(=O)N2CC(CC(=O)O)C2)c1. The van der Waals surface area contributed by atoms with Crippen LogP contribution in [0.5, 0.6) is 0 Å². The summed E-state index contributed by atoms with van der Waals surface area (Å²) in [5.41, 5.74) is 0.982. The molecule has 0 aromatic heterocycles. The van der Waals surface area contributed by atoms with Crippen LogP contribution in [0.3, 0.4) is 0 Å². The van der Waals surface area contributed by atoms with Crippen LogP contribution in [0.1, 0.15) is 17.5 Å². The number of rotatable bonds is 5. The number of sulfonamides is 1. The topological polar surface area (TPSA) is 98.5 Å². The van der Waals surface area contributed by atoms with Crippen molar-refractivity contribution in [3.8, 4) is 6.07 Å². The largest absolute Gasteiger partial charge is 0.481 e. The molecule has 0 saturated carbocycles. The minimum Gasteiger partial charge on any atom is -0.481 e. The molecule has 2 rings (SSSR count). The van der Waals surface area contributed by atoms with E-state index < -0.39 is 16.0 Å². The van der Waals surface area contributed by atoms with Gasteiger partial charge in [-0.2, -0.15) is 5.26 Å². The average Bonchev–Trinajstić information content (AvgIpc) is 2.32. The molecule has 1 aromatic carbocycles. The van der Waals surface area contributed by atoms with Crippen LogP contribution in [-0.4, -0.2) is 36.9 Å². The van der Waals surface area contributed by atoms with Crippen molar-refractivity contribution in [3.63, 3.8) is 0 Å². The van der Waals surface area contributed by atoms with E-state index in [4.69, 9.17) is 10.4 Å². The Bertz CT molecular complexity index is 657. The highest BCUT2D eigenvalue weighted by Crippen LogP contribution is 2.24. The lowest BCUT2D eigenvalue weighted by atomic mass is 10.00. The van der Waals surface area contributed by atoms with E-state index in [0.29, 0.717) is 11.1 Å². The third kappa shape index (κ3) is 3.35. The van der Waals surface area contributed by atoms with Crippen LogP contribution >= 0.6 is 0 Å². The van der Waals surface area contributed by atoms with Gasteiger partial charge in [-0.1, -0.05) is 12.1 Å². The zero-order chi connectivity index (χ0) is 14.8. The molecule has 20 heavy (non-hydrogen) atoms. The van der Waals surface area contributed by atoms with Crippen molar-refractivity contribution in [2.24, 2.45) is 5.92 Å². The summed E-state index contributed by atoms with van der Waals surface area (Å²) in [7, 11) is -3.44. The Labute approximate surface area is 117 Å². The lowest BCUT2D eigenvalue weighted by molar-refractivity contribution is -0.139. The van der Waals surface area contributed by atoms with Gasteiger partial charge >= 0.3 is 5.97 Å². The molecule has 0 amide bonds. The number of nitriles is 1. The van der Waals surface area contributed by atoms with E-state index in [9.17, 15) is 13.2 Å². The van der Waals surface area contributed by atoms with Crippen LogP contribution in [0, 0.1) is 17.2 Å². The Kier molecular flexibility index (Phi) is 4.06. The van der Waals surface area contributed by atoms with E-state index in [2.05, 4.69) is 0 Å². The molecule has 0 spiro atoms. The summed E-state index contributed by atoms with van der Waals surface area (Å²) in [6.07, 6.45) is -0.00403. The number of carboxylic acids is 1. The third-order valence-corrected chi connectivity index (χ3v) is 4.97. The van der Waals surface area contributed by atoms with Gasteiger partial charge in [-0.25, -0.2) is 12.7 Å². The quantitative estimate of drug-likeness (QED) is 0.865. The molecule has 1 saturated heterocycles. The van der Waals surface area contributed by atoms with Gasteiger partial charge in [-0.05, 0) is 23.6 Å². The second-order valence-corrected chi connectivity index (χ2v) is 6.82. The smallest absolute Gasteiger partial charge is 0.303 e. The molecule has 1 heterocycles. The first kappa shape index (κ1) is 14.5. The fraction of sp³-hybridized carbons (Fsp3) is 0.385. The fourth-order valence-electron chi connectivity index (χ4n) is 2.16. The third-order valence-electron chi connectivity index (χ3n) is 3.19. The Morgan fingerprint density at radius 3 is 2.75 bits per heavy atom. The van der Waals surface area contributed by atoms with Crippen molar-refractivity contribution >= 4 is 16.0 Å². The Morgan fingerprint density at radius 1 is 1.45 bits per heavy atom. The van der Waals surface area contributed by atoms with Crippen LogP contribution in [0.4, 0.5) is 0 Å². The van der Waals surface area contributed by atoms with Gasteiger partial charge in [0.25, 0.3) is 0 Å². The van der Waals surface area contributed by atoms with Gasteiger partial charge in [0, 0.05) is 13.1 Å². The molecule has 1 aromatic rings. The normalized spacial score (nSPS) is 16.4. The van der Waals surface area contributed by atoms with E-state index in [1.54, 1.807) is 24.3 Å². The molecular formula is C13H14N2O4S. The molecule has 1 N–H and O–H groups in total. The summed E-state index contributed by atoms with van der Waals surface area (Å²) in [6, 6.07) is 8.43. The van der Waals surface area contributed by atoms with Gasteiger partial charge in [0.05, 0.1) is 23.8 Å². The number of nitrogens with zero attached hydrogens (tertiary/aromatic N) is 2. The maximum absolute atomic E-state index is 12.1. The van der Waals surface area contributed by atoms with Crippen molar-refractivity contribution in [2.45, 2.75) is 12.2 Å². The number of carboxylic acid groups (broad SMARTS) is 1. The molecule has 6 nitrogen and oxygen atoms in total. The van der Waals surface area contributed by atoms with Crippen LogP contribution in [0.15, 0.2) is 24.3 Å². The predicted molar refractivity (Wildman–Crippen MR) is 71.1 cm³/mol. The summed E-state index contributed by atoms with van der Waals surface area (Å²) < 4.78 is 25.5. The van der Waals surface area contributed by atoms with Crippen molar-refractivity contribution in [3.05, 3.63) is 35.4 Å². The molecule has 1 aliphatic heterocycles. The summed E-state index contributed by atoms with van der Waals surface area (Å²) in [5, 5.41) is 17.4. The monoisotopic (exact) mass is 294 g/mol. The highest BCUT2D eigenvalue weighted by atomic mass is 32.2. The molecule has 7 heteroatoms. The number of carbonyl (C=O) groups is 1. The second kappa shape index (κ2) is 5.61. The van der Waals surface area contributed by atoms with Crippen molar-refractivity contribution in [1.29, 1.82) is 5.26 Å². The van der Waals surface area contributed by atoms with Crippen molar-refractivity contribution < 1.29 is 18.3 Å². The molecule has 0 atom stereocenters.